The number of hydrogen-bond acceptors (Lipinski definition) is 4. The Bertz CT molecular complexity index is 539. The minimum absolute atomic E-state index is 0.231. The van der Waals surface area contributed by atoms with E-state index in [1.807, 2.05) is 20.9 Å². The van der Waals surface area contributed by atoms with E-state index in [0.29, 0.717) is 17.8 Å². The van der Waals surface area contributed by atoms with Gasteiger partial charge in [0.25, 0.3) is 5.89 Å². The zero-order valence-corrected chi connectivity index (χ0v) is 10.7. The van der Waals surface area contributed by atoms with Gasteiger partial charge in [-0.25, -0.2) is 4.39 Å². The molecule has 1 heterocycles. The summed E-state index contributed by atoms with van der Waals surface area (Å²) in [6, 6.07) is 5.07. The summed E-state index contributed by atoms with van der Waals surface area (Å²) in [7, 11) is 1.87. The maximum absolute atomic E-state index is 13.7. The van der Waals surface area contributed by atoms with Gasteiger partial charge in [-0.3, -0.25) is 0 Å². The zero-order valence-electron chi connectivity index (χ0n) is 10.7. The maximum Gasteiger partial charge on any atom is 0.260 e. The van der Waals surface area contributed by atoms with Gasteiger partial charge in [0.05, 0.1) is 5.56 Å². The van der Waals surface area contributed by atoms with Crippen molar-refractivity contribution in [2.45, 2.75) is 26.3 Å². The lowest BCUT2D eigenvalue weighted by Gasteiger charge is -2.04. The first-order chi connectivity index (χ1) is 8.60. The molecule has 1 unspecified atom stereocenters. The molecule has 0 aliphatic carbocycles. The van der Waals surface area contributed by atoms with Crippen LogP contribution >= 0.6 is 0 Å². The van der Waals surface area contributed by atoms with Gasteiger partial charge in [-0.15, -0.1) is 0 Å². The van der Waals surface area contributed by atoms with Crippen molar-refractivity contribution in [3.05, 3.63) is 35.4 Å². The molecule has 0 fully saturated rings. The monoisotopic (exact) mass is 249 g/mol. The molecule has 0 radical (unpaired) electrons. The van der Waals surface area contributed by atoms with Crippen LogP contribution in [0, 0.1) is 12.7 Å². The third-order valence-electron chi connectivity index (χ3n) is 2.80. The molecule has 0 saturated heterocycles. The summed E-state index contributed by atoms with van der Waals surface area (Å²) in [6.45, 7) is 3.91. The highest BCUT2D eigenvalue weighted by molar-refractivity contribution is 5.55. The van der Waals surface area contributed by atoms with E-state index in [9.17, 15) is 4.39 Å². The van der Waals surface area contributed by atoms with Crippen LogP contribution in [0.5, 0.6) is 0 Å². The summed E-state index contributed by atoms with van der Waals surface area (Å²) < 4.78 is 18.8. The van der Waals surface area contributed by atoms with E-state index in [1.165, 1.54) is 6.07 Å². The van der Waals surface area contributed by atoms with Crippen molar-refractivity contribution < 1.29 is 8.91 Å². The average Bonchev–Trinajstić information content (AvgIpc) is 2.80. The van der Waals surface area contributed by atoms with Crippen molar-refractivity contribution >= 4 is 0 Å². The number of benzene rings is 1. The van der Waals surface area contributed by atoms with Gasteiger partial charge >= 0.3 is 0 Å². The Hall–Kier alpha value is -1.75. The van der Waals surface area contributed by atoms with Gasteiger partial charge in [0.1, 0.15) is 5.82 Å². The van der Waals surface area contributed by atoms with E-state index >= 15 is 0 Å². The molecule has 1 aromatic carbocycles. The molecule has 4 nitrogen and oxygen atoms in total. The van der Waals surface area contributed by atoms with Crippen LogP contribution in [0.25, 0.3) is 11.5 Å². The number of nitrogens with zero attached hydrogens (tertiary/aromatic N) is 2. The van der Waals surface area contributed by atoms with Gasteiger partial charge in [-0.05, 0) is 33.0 Å². The SMILES string of the molecule is CNC(C)Cc1noc(-c2cc(C)ccc2F)n1. The van der Waals surface area contributed by atoms with Gasteiger partial charge in [0.2, 0.25) is 0 Å². The number of rotatable bonds is 4. The highest BCUT2D eigenvalue weighted by Gasteiger charge is 2.14. The van der Waals surface area contributed by atoms with Crippen LogP contribution in [-0.2, 0) is 6.42 Å². The molecule has 0 aliphatic rings. The molecule has 0 amide bonds. The maximum atomic E-state index is 13.7. The summed E-state index contributed by atoms with van der Waals surface area (Å²) in [6.07, 6.45) is 0.646. The Morgan fingerprint density at radius 2 is 2.22 bits per heavy atom. The molecular weight excluding hydrogens is 233 g/mol. The van der Waals surface area contributed by atoms with E-state index in [0.717, 1.165) is 5.56 Å². The third-order valence-corrected chi connectivity index (χ3v) is 2.80. The molecule has 0 bridgehead atoms. The zero-order chi connectivity index (χ0) is 13.1. The van der Waals surface area contributed by atoms with Gasteiger partial charge < -0.3 is 9.84 Å². The lowest BCUT2D eigenvalue weighted by Crippen LogP contribution is -2.24. The molecule has 2 aromatic rings. The Labute approximate surface area is 105 Å². The molecule has 1 N–H and O–H groups in total. The second-order valence-corrected chi connectivity index (χ2v) is 4.39. The molecule has 18 heavy (non-hydrogen) atoms. The molecule has 5 heteroatoms. The molecule has 1 aromatic heterocycles. The number of aromatic nitrogens is 2. The molecule has 0 aliphatic heterocycles. The number of nitrogens with one attached hydrogen (secondary N) is 1. The summed E-state index contributed by atoms with van der Waals surface area (Å²) in [5, 5.41) is 6.95. The van der Waals surface area contributed by atoms with Crippen LogP contribution in [-0.4, -0.2) is 23.2 Å². The fourth-order valence-corrected chi connectivity index (χ4v) is 1.63. The molecule has 2 rings (SSSR count). The van der Waals surface area contributed by atoms with E-state index in [2.05, 4.69) is 15.5 Å². The van der Waals surface area contributed by atoms with Crippen LogP contribution in [0.2, 0.25) is 0 Å². The van der Waals surface area contributed by atoms with Gasteiger partial charge in [0, 0.05) is 12.5 Å². The summed E-state index contributed by atoms with van der Waals surface area (Å²) in [4.78, 5) is 4.21. The second kappa shape index (κ2) is 5.27. The van der Waals surface area contributed by atoms with Crippen LogP contribution in [0.4, 0.5) is 4.39 Å². The lowest BCUT2D eigenvalue weighted by atomic mass is 10.1. The van der Waals surface area contributed by atoms with Crippen LogP contribution in [0.3, 0.4) is 0 Å². The molecule has 1 atom stereocenters. The Morgan fingerprint density at radius 1 is 1.44 bits per heavy atom. The Morgan fingerprint density at radius 3 is 2.94 bits per heavy atom. The van der Waals surface area contributed by atoms with Gasteiger partial charge in [0.15, 0.2) is 5.82 Å². The Kier molecular flexibility index (Phi) is 3.72. The number of likely N-dealkylation sites (N-methyl/N-ethyl adjacent to an activating group) is 1. The number of halogens is 1. The first-order valence-electron chi connectivity index (χ1n) is 5.86. The van der Waals surface area contributed by atoms with Gasteiger partial charge in [-0.2, -0.15) is 4.98 Å². The highest BCUT2D eigenvalue weighted by atomic mass is 19.1. The van der Waals surface area contributed by atoms with Crippen LogP contribution < -0.4 is 5.32 Å². The predicted molar refractivity (Wildman–Crippen MR) is 66.7 cm³/mol. The summed E-state index contributed by atoms with van der Waals surface area (Å²) in [5.74, 6) is 0.458. The molecule has 0 spiro atoms. The first-order valence-corrected chi connectivity index (χ1v) is 5.86. The lowest BCUT2D eigenvalue weighted by molar-refractivity contribution is 0.416. The van der Waals surface area contributed by atoms with Crippen molar-refractivity contribution in [1.82, 2.24) is 15.5 Å². The van der Waals surface area contributed by atoms with Crippen molar-refractivity contribution in [3.8, 4) is 11.5 Å². The van der Waals surface area contributed by atoms with E-state index in [4.69, 9.17) is 4.52 Å². The van der Waals surface area contributed by atoms with Gasteiger partial charge in [-0.1, -0.05) is 16.8 Å². The summed E-state index contributed by atoms with van der Waals surface area (Å²) in [5.41, 5.74) is 1.31. The van der Waals surface area contributed by atoms with Crippen LogP contribution in [0.1, 0.15) is 18.3 Å². The van der Waals surface area contributed by atoms with Crippen molar-refractivity contribution in [2.75, 3.05) is 7.05 Å². The van der Waals surface area contributed by atoms with Crippen LogP contribution in [0.15, 0.2) is 22.7 Å². The van der Waals surface area contributed by atoms with Crippen molar-refractivity contribution in [1.29, 1.82) is 0 Å². The standard InChI is InChI=1S/C13H16FN3O/c1-8-4-5-11(14)10(6-8)13-16-12(17-18-13)7-9(2)15-3/h4-6,9,15H,7H2,1-3H3. The minimum atomic E-state index is -0.350. The largest absolute Gasteiger partial charge is 0.334 e. The van der Waals surface area contributed by atoms with Crippen molar-refractivity contribution in [3.63, 3.8) is 0 Å². The quantitative estimate of drug-likeness (QED) is 0.903. The fraction of sp³-hybridized carbons (Fsp3) is 0.385. The normalized spacial score (nSPS) is 12.7. The molecular formula is C13H16FN3O. The molecule has 96 valence electrons. The molecule has 0 saturated carbocycles. The number of aryl methyl sites for hydroxylation is 1. The smallest absolute Gasteiger partial charge is 0.260 e. The second-order valence-electron chi connectivity index (χ2n) is 4.39. The average molecular weight is 249 g/mol. The topological polar surface area (TPSA) is 51.0 Å². The first kappa shape index (κ1) is 12.7. The van der Waals surface area contributed by atoms with Crippen molar-refractivity contribution in [2.24, 2.45) is 0 Å². The van der Waals surface area contributed by atoms with E-state index < -0.39 is 0 Å². The fourth-order valence-electron chi connectivity index (χ4n) is 1.63. The van der Waals surface area contributed by atoms with E-state index in [-0.39, 0.29) is 17.7 Å². The third kappa shape index (κ3) is 2.73. The predicted octanol–water partition coefficient (Wildman–Crippen LogP) is 2.33. The van der Waals surface area contributed by atoms with E-state index in [1.54, 1.807) is 12.1 Å². The Balaban J connectivity index is 2.26. The highest BCUT2D eigenvalue weighted by Crippen LogP contribution is 2.22. The number of hydrogen-bond donors (Lipinski definition) is 1. The summed E-state index contributed by atoms with van der Waals surface area (Å²) >= 11 is 0. The minimum Gasteiger partial charge on any atom is -0.334 e.